The number of rotatable bonds is 5. The Kier molecular flexibility index (Phi) is 4.47. The summed E-state index contributed by atoms with van der Waals surface area (Å²) in [7, 11) is -3.52. The highest BCUT2D eigenvalue weighted by atomic mass is 32.2. The summed E-state index contributed by atoms with van der Waals surface area (Å²) in [5.74, 6) is 0. The molecule has 4 nitrogen and oxygen atoms in total. The van der Waals surface area contributed by atoms with Gasteiger partial charge in [-0.3, -0.25) is 4.31 Å². The Bertz CT molecular complexity index is 678. The second-order valence-corrected chi connectivity index (χ2v) is 7.61. The zero-order valence-corrected chi connectivity index (χ0v) is 13.2. The molecule has 0 aliphatic carbocycles. The minimum absolute atomic E-state index is 0.348. The van der Waals surface area contributed by atoms with E-state index in [0.717, 1.165) is 10.4 Å². The fraction of sp³-hybridized carbons (Fsp3) is 0.286. The van der Waals surface area contributed by atoms with Crippen molar-refractivity contribution in [3.63, 3.8) is 0 Å². The Morgan fingerprint density at radius 3 is 2.40 bits per heavy atom. The summed E-state index contributed by atoms with van der Waals surface area (Å²) in [6.45, 7) is 4.47. The van der Waals surface area contributed by atoms with Crippen molar-refractivity contribution in [2.45, 2.75) is 24.6 Å². The number of nitrogens with two attached hydrogens (primary N) is 1. The van der Waals surface area contributed by atoms with E-state index in [2.05, 4.69) is 0 Å². The van der Waals surface area contributed by atoms with Crippen molar-refractivity contribution in [1.82, 2.24) is 0 Å². The molecular formula is C14H18N2O2S2. The molecule has 0 spiro atoms. The molecule has 1 aromatic heterocycles. The number of hydrogen-bond donors (Lipinski definition) is 1. The molecule has 0 radical (unpaired) electrons. The number of thiophene rings is 1. The highest BCUT2D eigenvalue weighted by Gasteiger charge is 2.26. The van der Waals surface area contributed by atoms with Crippen LogP contribution in [0, 0.1) is 6.92 Å². The molecule has 0 saturated carbocycles. The summed E-state index contributed by atoms with van der Waals surface area (Å²) in [6, 6.07) is 10.8. The maximum absolute atomic E-state index is 12.7. The van der Waals surface area contributed by atoms with Crippen LogP contribution in [0.1, 0.15) is 17.4 Å². The quantitative estimate of drug-likeness (QED) is 0.923. The van der Waals surface area contributed by atoms with Crippen LogP contribution in [-0.4, -0.2) is 15.0 Å². The van der Waals surface area contributed by atoms with Gasteiger partial charge in [-0.05, 0) is 37.6 Å². The van der Waals surface area contributed by atoms with Gasteiger partial charge in [-0.1, -0.05) is 18.2 Å². The van der Waals surface area contributed by atoms with Gasteiger partial charge >= 0.3 is 0 Å². The van der Waals surface area contributed by atoms with E-state index in [1.54, 1.807) is 18.2 Å². The summed E-state index contributed by atoms with van der Waals surface area (Å²) < 4.78 is 27.2. The molecule has 0 unspecified atom stereocenters. The van der Waals surface area contributed by atoms with E-state index in [9.17, 15) is 8.42 Å². The van der Waals surface area contributed by atoms with Crippen LogP contribution in [0.15, 0.2) is 40.6 Å². The van der Waals surface area contributed by atoms with Gasteiger partial charge in [-0.2, -0.15) is 0 Å². The third-order valence-electron chi connectivity index (χ3n) is 3.06. The largest absolute Gasteiger partial charge is 0.326 e. The molecule has 2 aromatic rings. The van der Waals surface area contributed by atoms with E-state index in [0.29, 0.717) is 23.0 Å². The lowest BCUT2D eigenvalue weighted by Crippen LogP contribution is -2.30. The van der Waals surface area contributed by atoms with E-state index >= 15 is 0 Å². The Balaban J connectivity index is 2.47. The molecule has 0 aliphatic rings. The van der Waals surface area contributed by atoms with Crippen molar-refractivity contribution in [1.29, 1.82) is 0 Å². The SMILES string of the molecule is CCN(c1ccccc1)S(=O)(=O)c1cc(C)c(CN)s1. The normalized spacial score (nSPS) is 11.6. The van der Waals surface area contributed by atoms with E-state index in [1.807, 2.05) is 32.0 Å². The van der Waals surface area contributed by atoms with Gasteiger partial charge in [0.15, 0.2) is 0 Å². The number of benzene rings is 1. The Morgan fingerprint density at radius 1 is 1.25 bits per heavy atom. The first kappa shape index (κ1) is 15.0. The molecule has 2 rings (SSSR count). The lowest BCUT2D eigenvalue weighted by Gasteiger charge is -2.21. The lowest BCUT2D eigenvalue weighted by atomic mass is 10.3. The zero-order chi connectivity index (χ0) is 14.8. The van der Waals surface area contributed by atoms with Gasteiger partial charge in [-0.25, -0.2) is 8.42 Å². The molecule has 0 fully saturated rings. The summed E-state index contributed by atoms with van der Waals surface area (Å²) in [6.07, 6.45) is 0. The van der Waals surface area contributed by atoms with E-state index in [-0.39, 0.29) is 0 Å². The van der Waals surface area contributed by atoms with Crippen LogP contribution < -0.4 is 10.0 Å². The van der Waals surface area contributed by atoms with Crippen LogP contribution in [-0.2, 0) is 16.6 Å². The minimum atomic E-state index is -3.52. The monoisotopic (exact) mass is 310 g/mol. The first-order chi connectivity index (χ1) is 9.50. The number of para-hydroxylation sites is 1. The standard InChI is InChI=1S/C14H18N2O2S2/c1-3-16(12-7-5-4-6-8-12)20(17,18)14-9-11(2)13(10-15)19-14/h4-9H,3,10,15H2,1-2H3. The number of nitrogens with zero attached hydrogens (tertiary/aromatic N) is 1. The summed E-state index contributed by atoms with van der Waals surface area (Å²) in [4.78, 5) is 0.910. The summed E-state index contributed by atoms with van der Waals surface area (Å²) >= 11 is 1.25. The van der Waals surface area contributed by atoms with Gasteiger partial charge in [0, 0.05) is 18.0 Å². The van der Waals surface area contributed by atoms with Gasteiger partial charge in [0.05, 0.1) is 5.69 Å². The van der Waals surface area contributed by atoms with Gasteiger partial charge < -0.3 is 5.73 Å². The number of sulfonamides is 1. The Labute approximate surface area is 123 Å². The fourth-order valence-corrected chi connectivity index (χ4v) is 5.07. The molecule has 2 N–H and O–H groups in total. The van der Waals surface area contributed by atoms with Gasteiger partial charge in [0.25, 0.3) is 10.0 Å². The average molecular weight is 310 g/mol. The van der Waals surface area contributed by atoms with Crippen LogP contribution in [0.3, 0.4) is 0 Å². The number of aryl methyl sites for hydroxylation is 1. The molecular weight excluding hydrogens is 292 g/mol. The summed E-state index contributed by atoms with van der Waals surface area (Å²) in [5.41, 5.74) is 7.24. The summed E-state index contributed by atoms with van der Waals surface area (Å²) in [5, 5.41) is 0. The number of hydrogen-bond acceptors (Lipinski definition) is 4. The molecule has 20 heavy (non-hydrogen) atoms. The molecule has 0 amide bonds. The molecule has 108 valence electrons. The first-order valence-electron chi connectivity index (χ1n) is 6.38. The predicted molar refractivity (Wildman–Crippen MR) is 83.6 cm³/mol. The van der Waals surface area contributed by atoms with E-state index in [1.165, 1.54) is 15.6 Å². The van der Waals surface area contributed by atoms with Gasteiger partial charge in [-0.15, -0.1) is 11.3 Å². The third-order valence-corrected chi connectivity index (χ3v) is 6.67. The molecule has 0 bridgehead atoms. The van der Waals surface area contributed by atoms with Gasteiger partial charge in [0.2, 0.25) is 0 Å². The van der Waals surface area contributed by atoms with Crippen LogP contribution in [0.4, 0.5) is 5.69 Å². The molecule has 0 aliphatic heterocycles. The lowest BCUT2D eigenvalue weighted by molar-refractivity contribution is 0.594. The van der Waals surface area contributed by atoms with Crippen molar-refractivity contribution >= 4 is 27.0 Å². The van der Waals surface area contributed by atoms with Crippen molar-refractivity contribution < 1.29 is 8.42 Å². The first-order valence-corrected chi connectivity index (χ1v) is 8.63. The number of anilines is 1. The molecule has 6 heteroatoms. The topological polar surface area (TPSA) is 63.4 Å². The highest BCUT2D eigenvalue weighted by Crippen LogP contribution is 2.30. The Morgan fingerprint density at radius 2 is 1.90 bits per heavy atom. The molecule has 1 aromatic carbocycles. The predicted octanol–water partition coefficient (Wildman–Crippen LogP) is 2.73. The fourth-order valence-electron chi connectivity index (χ4n) is 2.01. The minimum Gasteiger partial charge on any atom is -0.326 e. The van der Waals surface area contributed by atoms with Crippen LogP contribution >= 0.6 is 11.3 Å². The van der Waals surface area contributed by atoms with Crippen LogP contribution in [0.2, 0.25) is 0 Å². The average Bonchev–Trinajstić information content (AvgIpc) is 2.82. The van der Waals surface area contributed by atoms with Crippen molar-refractivity contribution in [3.8, 4) is 0 Å². The van der Waals surface area contributed by atoms with Crippen molar-refractivity contribution in [2.75, 3.05) is 10.8 Å². The van der Waals surface area contributed by atoms with Crippen LogP contribution in [0.5, 0.6) is 0 Å². The second-order valence-electron chi connectivity index (χ2n) is 4.38. The maximum atomic E-state index is 12.7. The zero-order valence-electron chi connectivity index (χ0n) is 11.5. The van der Waals surface area contributed by atoms with Crippen molar-refractivity contribution in [3.05, 3.63) is 46.8 Å². The van der Waals surface area contributed by atoms with E-state index in [4.69, 9.17) is 5.73 Å². The van der Waals surface area contributed by atoms with E-state index < -0.39 is 10.0 Å². The van der Waals surface area contributed by atoms with Gasteiger partial charge in [0.1, 0.15) is 4.21 Å². The smallest absolute Gasteiger partial charge is 0.273 e. The maximum Gasteiger partial charge on any atom is 0.273 e. The molecule has 0 atom stereocenters. The second kappa shape index (κ2) is 5.95. The highest BCUT2D eigenvalue weighted by molar-refractivity contribution is 7.94. The molecule has 0 saturated heterocycles. The van der Waals surface area contributed by atoms with Crippen molar-refractivity contribution in [2.24, 2.45) is 5.73 Å². The van der Waals surface area contributed by atoms with Crippen LogP contribution in [0.25, 0.3) is 0 Å². The molecule has 1 heterocycles. The third kappa shape index (κ3) is 2.72. The Hall–Kier alpha value is -1.37.